The standard InChI is InChI=1S/C12H21N3O/c1-12(2,7-8-16)9-14-11-6-4-5-10(13-3)15-11/h4-6,16H,7-9H2,1-3H3,(H2,13,14,15). The monoisotopic (exact) mass is 223 g/mol. The molecule has 0 atom stereocenters. The number of aliphatic hydroxyl groups excluding tert-OH is 1. The lowest BCUT2D eigenvalue weighted by atomic mass is 9.90. The fourth-order valence-corrected chi connectivity index (χ4v) is 1.39. The Labute approximate surface area is 97.1 Å². The molecule has 4 heteroatoms. The minimum absolute atomic E-state index is 0.0755. The van der Waals surface area contributed by atoms with E-state index < -0.39 is 0 Å². The summed E-state index contributed by atoms with van der Waals surface area (Å²) in [6.07, 6.45) is 0.783. The Hall–Kier alpha value is -1.29. The van der Waals surface area contributed by atoms with Crippen molar-refractivity contribution in [3.63, 3.8) is 0 Å². The molecule has 3 N–H and O–H groups in total. The van der Waals surface area contributed by atoms with E-state index in [2.05, 4.69) is 29.5 Å². The highest BCUT2D eigenvalue weighted by Gasteiger charge is 2.16. The second-order valence-electron chi connectivity index (χ2n) is 4.65. The number of aromatic nitrogens is 1. The van der Waals surface area contributed by atoms with Crippen LogP contribution in [-0.4, -0.2) is 30.3 Å². The third kappa shape index (κ3) is 4.06. The van der Waals surface area contributed by atoms with Crippen molar-refractivity contribution in [2.45, 2.75) is 20.3 Å². The number of aliphatic hydroxyl groups is 1. The molecule has 0 unspecified atom stereocenters. The van der Waals surface area contributed by atoms with Crippen LogP contribution in [0.1, 0.15) is 20.3 Å². The van der Waals surface area contributed by atoms with Gasteiger partial charge in [-0.3, -0.25) is 0 Å². The molecule has 0 saturated heterocycles. The van der Waals surface area contributed by atoms with E-state index in [0.717, 1.165) is 24.6 Å². The van der Waals surface area contributed by atoms with Gasteiger partial charge in [-0.05, 0) is 24.0 Å². The summed E-state index contributed by atoms with van der Waals surface area (Å²) in [5.41, 5.74) is 0.0755. The first-order chi connectivity index (χ1) is 7.57. The van der Waals surface area contributed by atoms with Gasteiger partial charge in [-0.15, -0.1) is 0 Å². The first kappa shape index (κ1) is 12.8. The van der Waals surface area contributed by atoms with Crippen LogP contribution in [0.15, 0.2) is 18.2 Å². The number of hydrogen-bond donors (Lipinski definition) is 3. The van der Waals surface area contributed by atoms with Gasteiger partial charge in [0.2, 0.25) is 0 Å². The van der Waals surface area contributed by atoms with E-state index >= 15 is 0 Å². The van der Waals surface area contributed by atoms with Crippen molar-refractivity contribution in [3.05, 3.63) is 18.2 Å². The molecule has 0 fully saturated rings. The Morgan fingerprint density at radius 1 is 1.31 bits per heavy atom. The van der Waals surface area contributed by atoms with Gasteiger partial charge < -0.3 is 15.7 Å². The normalized spacial score (nSPS) is 11.2. The summed E-state index contributed by atoms with van der Waals surface area (Å²) in [6.45, 7) is 5.27. The van der Waals surface area contributed by atoms with Crippen molar-refractivity contribution >= 4 is 11.6 Å². The Balaban J connectivity index is 2.53. The van der Waals surface area contributed by atoms with E-state index in [0.29, 0.717) is 0 Å². The lowest BCUT2D eigenvalue weighted by Crippen LogP contribution is -2.24. The molecule has 90 valence electrons. The molecule has 16 heavy (non-hydrogen) atoms. The molecule has 1 aromatic heterocycles. The zero-order valence-corrected chi connectivity index (χ0v) is 10.2. The minimum atomic E-state index is 0.0755. The van der Waals surface area contributed by atoms with Crippen LogP contribution in [0.5, 0.6) is 0 Å². The number of pyridine rings is 1. The van der Waals surface area contributed by atoms with Crippen LogP contribution in [0.25, 0.3) is 0 Å². The van der Waals surface area contributed by atoms with Crippen LogP contribution in [-0.2, 0) is 0 Å². The molecular formula is C12H21N3O. The van der Waals surface area contributed by atoms with Crippen LogP contribution in [0.2, 0.25) is 0 Å². The molecule has 0 saturated carbocycles. The van der Waals surface area contributed by atoms with Crippen molar-refractivity contribution in [3.8, 4) is 0 Å². The van der Waals surface area contributed by atoms with Crippen molar-refractivity contribution < 1.29 is 5.11 Å². The zero-order valence-electron chi connectivity index (χ0n) is 10.2. The maximum absolute atomic E-state index is 8.93. The molecule has 0 spiro atoms. The number of hydrogen-bond acceptors (Lipinski definition) is 4. The van der Waals surface area contributed by atoms with Gasteiger partial charge in [-0.25, -0.2) is 4.98 Å². The predicted octanol–water partition coefficient (Wildman–Crippen LogP) is 1.94. The quantitative estimate of drug-likeness (QED) is 0.690. The lowest BCUT2D eigenvalue weighted by molar-refractivity contribution is 0.220. The number of nitrogens with one attached hydrogen (secondary N) is 2. The van der Waals surface area contributed by atoms with Crippen molar-refractivity contribution in [1.29, 1.82) is 0 Å². The van der Waals surface area contributed by atoms with E-state index in [1.807, 2.05) is 25.2 Å². The Morgan fingerprint density at radius 3 is 2.62 bits per heavy atom. The van der Waals surface area contributed by atoms with E-state index in [-0.39, 0.29) is 12.0 Å². The molecule has 0 bridgehead atoms. The van der Waals surface area contributed by atoms with Gasteiger partial charge in [0, 0.05) is 20.2 Å². The van der Waals surface area contributed by atoms with E-state index in [9.17, 15) is 0 Å². The average Bonchev–Trinajstić information content (AvgIpc) is 2.27. The number of rotatable bonds is 6. The van der Waals surface area contributed by atoms with Crippen LogP contribution in [0, 0.1) is 5.41 Å². The summed E-state index contributed by atoms with van der Waals surface area (Å²) >= 11 is 0. The second kappa shape index (κ2) is 5.70. The van der Waals surface area contributed by atoms with E-state index in [1.165, 1.54) is 0 Å². The Morgan fingerprint density at radius 2 is 2.00 bits per heavy atom. The highest BCUT2D eigenvalue weighted by molar-refractivity contribution is 5.44. The van der Waals surface area contributed by atoms with Crippen LogP contribution in [0.3, 0.4) is 0 Å². The second-order valence-corrected chi connectivity index (χ2v) is 4.65. The molecule has 1 aromatic rings. The largest absolute Gasteiger partial charge is 0.396 e. The smallest absolute Gasteiger partial charge is 0.128 e. The maximum Gasteiger partial charge on any atom is 0.128 e. The van der Waals surface area contributed by atoms with Crippen LogP contribution < -0.4 is 10.6 Å². The number of anilines is 2. The Bertz CT molecular complexity index is 326. The van der Waals surface area contributed by atoms with E-state index in [4.69, 9.17) is 5.11 Å². The van der Waals surface area contributed by atoms with Crippen molar-refractivity contribution in [2.75, 3.05) is 30.8 Å². The SMILES string of the molecule is CNc1cccc(NCC(C)(C)CCO)n1. The summed E-state index contributed by atoms with van der Waals surface area (Å²) < 4.78 is 0. The van der Waals surface area contributed by atoms with Crippen LogP contribution >= 0.6 is 0 Å². The highest BCUT2D eigenvalue weighted by Crippen LogP contribution is 2.20. The minimum Gasteiger partial charge on any atom is -0.396 e. The summed E-state index contributed by atoms with van der Waals surface area (Å²) in [4.78, 5) is 4.37. The molecule has 0 aliphatic carbocycles. The van der Waals surface area contributed by atoms with Gasteiger partial charge in [-0.2, -0.15) is 0 Å². The Kier molecular flexibility index (Phi) is 4.55. The van der Waals surface area contributed by atoms with Gasteiger partial charge in [0.05, 0.1) is 0 Å². The van der Waals surface area contributed by atoms with Gasteiger partial charge in [0.25, 0.3) is 0 Å². The third-order valence-electron chi connectivity index (χ3n) is 2.54. The van der Waals surface area contributed by atoms with E-state index in [1.54, 1.807) is 0 Å². The summed E-state index contributed by atoms with van der Waals surface area (Å²) in [7, 11) is 1.85. The molecular weight excluding hydrogens is 202 g/mol. The first-order valence-corrected chi connectivity index (χ1v) is 5.57. The fraction of sp³-hybridized carbons (Fsp3) is 0.583. The topological polar surface area (TPSA) is 57.2 Å². The highest BCUT2D eigenvalue weighted by atomic mass is 16.3. The van der Waals surface area contributed by atoms with Crippen molar-refractivity contribution in [1.82, 2.24) is 4.98 Å². The molecule has 0 aliphatic rings. The third-order valence-corrected chi connectivity index (χ3v) is 2.54. The van der Waals surface area contributed by atoms with Gasteiger partial charge >= 0.3 is 0 Å². The lowest BCUT2D eigenvalue weighted by Gasteiger charge is -2.24. The van der Waals surface area contributed by atoms with Gasteiger partial charge in [0.1, 0.15) is 11.6 Å². The fourth-order valence-electron chi connectivity index (χ4n) is 1.39. The summed E-state index contributed by atoms with van der Waals surface area (Å²) in [5.74, 6) is 1.71. The average molecular weight is 223 g/mol. The molecule has 1 rings (SSSR count). The molecule has 1 heterocycles. The molecule has 0 radical (unpaired) electrons. The van der Waals surface area contributed by atoms with Gasteiger partial charge in [-0.1, -0.05) is 19.9 Å². The molecule has 0 aromatic carbocycles. The van der Waals surface area contributed by atoms with Crippen molar-refractivity contribution in [2.24, 2.45) is 5.41 Å². The summed E-state index contributed by atoms with van der Waals surface area (Å²) in [6, 6.07) is 5.82. The molecule has 0 aliphatic heterocycles. The van der Waals surface area contributed by atoms with Gasteiger partial charge in [0.15, 0.2) is 0 Å². The predicted molar refractivity (Wildman–Crippen MR) is 67.8 cm³/mol. The zero-order chi connectivity index (χ0) is 12.0. The first-order valence-electron chi connectivity index (χ1n) is 5.57. The maximum atomic E-state index is 8.93. The van der Waals surface area contributed by atoms with Crippen LogP contribution in [0.4, 0.5) is 11.6 Å². The number of nitrogens with zero attached hydrogens (tertiary/aromatic N) is 1. The molecule has 4 nitrogen and oxygen atoms in total. The molecule has 0 amide bonds. The summed E-state index contributed by atoms with van der Waals surface area (Å²) in [5, 5.41) is 15.2.